The van der Waals surface area contributed by atoms with Crippen LogP contribution in [0.4, 0.5) is 0 Å². The zero-order chi connectivity index (χ0) is 10.7. The fraction of sp³-hybridized carbons (Fsp3) is 0.154. The maximum atomic E-state index is 4.47. The van der Waals surface area contributed by atoms with Crippen molar-refractivity contribution in [1.82, 2.24) is 4.98 Å². The zero-order valence-corrected chi connectivity index (χ0v) is 10.1. The first-order chi connectivity index (χ1) is 7.27. The maximum absolute atomic E-state index is 4.47. The number of aromatic nitrogens is 1. The van der Waals surface area contributed by atoms with Crippen LogP contribution in [-0.2, 0) is 0 Å². The van der Waals surface area contributed by atoms with Crippen LogP contribution in [0.5, 0.6) is 0 Å². The second-order valence-electron chi connectivity index (χ2n) is 3.52. The van der Waals surface area contributed by atoms with Crippen LogP contribution in [-0.4, -0.2) is 4.98 Å². The van der Waals surface area contributed by atoms with Gasteiger partial charge < -0.3 is 0 Å². The van der Waals surface area contributed by atoms with Crippen molar-refractivity contribution in [1.29, 1.82) is 0 Å². The van der Waals surface area contributed by atoms with Crippen LogP contribution < -0.4 is 0 Å². The molecule has 2 heteroatoms. The molecule has 0 aliphatic heterocycles. The molecule has 0 amide bonds. The van der Waals surface area contributed by atoms with Crippen molar-refractivity contribution in [2.75, 3.05) is 0 Å². The molecule has 0 aliphatic carbocycles. The van der Waals surface area contributed by atoms with E-state index in [0.717, 1.165) is 10.3 Å². The third kappa shape index (κ3) is 2.45. The molecule has 1 unspecified atom stereocenters. The predicted molar refractivity (Wildman–Crippen MR) is 65.9 cm³/mol. The minimum atomic E-state index is 0.337. The lowest BCUT2D eigenvalue weighted by Gasteiger charge is -2.11. The highest BCUT2D eigenvalue weighted by Gasteiger charge is 2.08. The van der Waals surface area contributed by atoms with E-state index in [1.807, 2.05) is 18.2 Å². The van der Waals surface area contributed by atoms with Gasteiger partial charge in [0.25, 0.3) is 0 Å². The number of pyridine rings is 1. The minimum Gasteiger partial charge on any atom is -0.245 e. The van der Waals surface area contributed by atoms with Crippen molar-refractivity contribution in [2.24, 2.45) is 0 Å². The van der Waals surface area contributed by atoms with E-state index < -0.39 is 0 Å². The molecule has 2 aromatic rings. The van der Waals surface area contributed by atoms with Gasteiger partial charge in [0.05, 0.1) is 0 Å². The molecule has 76 valence electrons. The summed E-state index contributed by atoms with van der Waals surface area (Å²) in [7, 11) is 0. The fourth-order valence-electron chi connectivity index (χ4n) is 1.58. The van der Waals surface area contributed by atoms with E-state index in [1.165, 1.54) is 5.56 Å². The smallest absolute Gasteiger partial charge is 0.106 e. The topological polar surface area (TPSA) is 12.9 Å². The lowest BCUT2D eigenvalue weighted by atomic mass is 9.97. The Labute approximate surface area is 98.3 Å². The SMILES string of the molecule is CC(c1ccccc1)c1cccc(Br)n1. The third-order valence-electron chi connectivity index (χ3n) is 2.48. The molecule has 0 fully saturated rings. The highest BCUT2D eigenvalue weighted by Crippen LogP contribution is 2.22. The molecule has 0 bridgehead atoms. The molecule has 1 aromatic heterocycles. The van der Waals surface area contributed by atoms with Crippen LogP contribution in [0.1, 0.15) is 24.1 Å². The molecule has 0 aliphatic rings. The van der Waals surface area contributed by atoms with Gasteiger partial charge in [0, 0.05) is 11.6 Å². The van der Waals surface area contributed by atoms with Crippen LogP contribution in [0, 0.1) is 0 Å². The molecule has 2 rings (SSSR count). The highest BCUT2D eigenvalue weighted by molar-refractivity contribution is 9.10. The molecule has 1 atom stereocenters. The van der Waals surface area contributed by atoms with Gasteiger partial charge in [-0.2, -0.15) is 0 Å². The Morgan fingerprint density at radius 3 is 2.40 bits per heavy atom. The average molecular weight is 262 g/mol. The van der Waals surface area contributed by atoms with E-state index in [9.17, 15) is 0 Å². The van der Waals surface area contributed by atoms with Gasteiger partial charge in [0.2, 0.25) is 0 Å². The van der Waals surface area contributed by atoms with Crippen molar-refractivity contribution >= 4 is 15.9 Å². The summed E-state index contributed by atoms with van der Waals surface area (Å²) in [5.41, 5.74) is 2.39. The van der Waals surface area contributed by atoms with Crippen molar-refractivity contribution in [3.8, 4) is 0 Å². The largest absolute Gasteiger partial charge is 0.245 e. The molecule has 0 N–H and O–H groups in total. The Balaban J connectivity index is 2.32. The van der Waals surface area contributed by atoms with Crippen molar-refractivity contribution in [2.45, 2.75) is 12.8 Å². The summed E-state index contributed by atoms with van der Waals surface area (Å²) in [5.74, 6) is 0.337. The van der Waals surface area contributed by atoms with Gasteiger partial charge in [-0.25, -0.2) is 4.98 Å². The minimum absolute atomic E-state index is 0.337. The summed E-state index contributed by atoms with van der Waals surface area (Å²) in [6.07, 6.45) is 0. The number of hydrogen-bond donors (Lipinski definition) is 0. The van der Waals surface area contributed by atoms with Crippen LogP contribution in [0.25, 0.3) is 0 Å². The van der Waals surface area contributed by atoms with Gasteiger partial charge in [0.1, 0.15) is 4.60 Å². The molecular formula is C13H12BrN. The molecule has 0 spiro atoms. The van der Waals surface area contributed by atoms with Gasteiger partial charge in [-0.05, 0) is 33.6 Å². The normalized spacial score (nSPS) is 12.4. The van der Waals surface area contributed by atoms with Gasteiger partial charge in [-0.1, -0.05) is 43.3 Å². The first-order valence-electron chi connectivity index (χ1n) is 4.95. The number of rotatable bonds is 2. The Bertz CT molecular complexity index is 439. The van der Waals surface area contributed by atoms with Crippen LogP contribution in [0.3, 0.4) is 0 Å². The lowest BCUT2D eigenvalue weighted by Crippen LogP contribution is -1.98. The molecule has 0 saturated heterocycles. The molecule has 0 saturated carbocycles. The van der Waals surface area contributed by atoms with Gasteiger partial charge in [-0.3, -0.25) is 0 Å². The van der Waals surface area contributed by atoms with Gasteiger partial charge >= 0.3 is 0 Å². The van der Waals surface area contributed by atoms with Crippen LogP contribution in [0.15, 0.2) is 53.1 Å². The zero-order valence-electron chi connectivity index (χ0n) is 8.52. The number of hydrogen-bond acceptors (Lipinski definition) is 1. The first-order valence-corrected chi connectivity index (χ1v) is 5.74. The van der Waals surface area contributed by atoms with Gasteiger partial charge in [0.15, 0.2) is 0 Å². The van der Waals surface area contributed by atoms with Gasteiger partial charge in [-0.15, -0.1) is 0 Å². The van der Waals surface area contributed by atoms with E-state index in [2.05, 4.69) is 58.2 Å². The van der Waals surface area contributed by atoms with E-state index >= 15 is 0 Å². The molecule has 15 heavy (non-hydrogen) atoms. The van der Waals surface area contributed by atoms with Crippen molar-refractivity contribution in [3.63, 3.8) is 0 Å². The van der Waals surface area contributed by atoms with Crippen molar-refractivity contribution < 1.29 is 0 Å². The molecular weight excluding hydrogens is 250 g/mol. The quantitative estimate of drug-likeness (QED) is 0.745. The molecule has 0 radical (unpaired) electrons. The monoisotopic (exact) mass is 261 g/mol. The summed E-state index contributed by atoms with van der Waals surface area (Å²) in [5, 5.41) is 0. The fourth-order valence-corrected chi connectivity index (χ4v) is 1.93. The Morgan fingerprint density at radius 1 is 1.00 bits per heavy atom. The van der Waals surface area contributed by atoms with Crippen LogP contribution >= 0.6 is 15.9 Å². The highest BCUT2D eigenvalue weighted by atomic mass is 79.9. The lowest BCUT2D eigenvalue weighted by molar-refractivity contribution is 0.866. The standard InChI is InChI=1S/C13H12BrN/c1-10(11-6-3-2-4-7-11)12-8-5-9-13(14)15-12/h2-10H,1H3. The average Bonchev–Trinajstić information content (AvgIpc) is 2.29. The summed E-state index contributed by atoms with van der Waals surface area (Å²) in [6, 6.07) is 16.4. The predicted octanol–water partition coefficient (Wildman–Crippen LogP) is 4.00. The Morgan fingerprint density at radius 2 is 1.73 bits per heavy atom. The number of nitrogens with zero attached hydrogens (tertiary/aromatic N) is 1. The van der Waals surface area contributed by atoms with E-state index in [4.69, 9.17) is 0 Å². The van der Waals surface area contributed by atoms with E-state index in [-0.39, 0.29) is 0 Å². The summed E-state index contributed by atoms with van der Waals surface area (Å²) in [6.45, 7) is 2.17. The van der Waals surface area contributed by atoms with Crippen molar-refractivity contribution in [3.05, 3.63) is 64.4 Å². The second-order valence-corrected chi connectivity index (χ2v) is 4.33. The van der Waals surface area contributed by atoms with E-state index in [0.29, 0.717) is 5.92 Å². The molecule has 1 aromatic carbocycles. The number of benzene rings is 1. The molecule has 1 nitrogen and oxygen atoms in total. The summed E-state index contributed by atoms with van der Waals surface area (Å²) >= 11 is 3.39. The maximum Gasteiger partial charge on any atom is 0.106 e. The third-order valence-corrected chi connectivity index (χ3v) is 2.92. The first kappa shape index (κ1) is 10.4. The Kier molecular flexibility index (Phi) is 3.17. The Hall–Kier alpha value is -1.15. The molecule has 1 heterocycles. The number of halogens is 1. The summed E-state index contributed by atoms with van der Waals surface area (Å²) in [4.78, 5) is 4.47. The second kappa shape index (κ2) is 4.58. The van der Waals surface area contributed by atoms with E-state index in [1.54, 1.807) is 0 Å². The summed E-state index contributed by atoms with van der Waals surface area (Å²) < 4.78 is 0.891. The van der Waals surface area contributed by atoms with Crippen LogP contribution in [0.2, 0.25) is 0 Å².